The van der Waals surface area contributed by atoms with E-state index in [2.05, 4.69) is 36.6 Å². The molecule has 0 aliphatic rings. The van der Waals surface area contributed by atoms with Crippen molar-refractivity contribution in [2.24, 2.45) is 0 Å². The van der Waals surface area contributed by atoms with Gasteiger partial charge in [0.1, 0.15) is 11.3 Å². The molecule has 0 spiro atoms. The molecule has 0 N–H and O–H groups in total. The summed E-state index contributed by atoms with van der Waals surface area (Å²) in [5.41, 5.74) is 6.25. The fraction of sp³-hybridized carbons (Fsp3) is 0.115. The summed E-state index contributed by atoms with van der Waals surface area (Å²) in [5.74, 6) is 0.772. The van der Waals surface area contributed by atoms with E-state index >= 15 is 0 Å². The Morgan fingerprint density at radius 1 is 0.900 bits per heavy atom. The molecule has 0 fully saturated rings. The fourth-order valence-electron chi connectivity index (χ4n) is 4.16. The van der Waals surface area contributed by atoms with E-state index in [-0.39, 0.29) is 5.63 Å². The maximum Gasteiger partial charge on any atom is 0.346 e. The van der Waals surface area contributed by atoms with Crippen LogP contribution in [0.4, 0.5) is 0 Å². The van der Waals surface area contributed by atoms with Gasteiger partial charge in [-0.15, -0.1) is 0 Å². The lowest BCUT2D eigenvalue weighted by Gasteiger charge is -2.09. The summed E-state index contributed by atoms with van der Waals surface area (Å²) in [4.78, 5) is 13.1. The quantitative estimate of drug-likeness (QED) is 0.350. The number of hydrogen-bond acceptors (Lipinski definition) is 3. The molecule has 4 heteroatoms. The van der Waals surface area contributed by atoms with Gasteiger partial charge in [0, 0.05) is 22.8 Å². The fourth-order valence-corrected chi connectivity index (χ4v) is 4.16. The van der Waals surface area contributed by atoms with Crippen LogP contribution in [0.5, 0.6) is 5.75 Å². The highest BCUT2D eigenvalue weighted by Crippen LogP contribution is 2.35. The molecule has 2 heterocycles. The van der Waals surface area contributed by atoms with E-state index in [0.717, 1.165) is 33.5 Å². The van der Waals surface area contributed by atoms with Gasteiger partial charge in [-0.1, -0.05) is 30.3 Å². The van der Waals surface area contributed by atoms with Crippen LogP contribution in [0, 0.1) is 13.8 Å². The number of nitrogens with zero attached hydrogens (tertiary/aromatic N) is 1. The number of fused-ring (bicyclic) bond motifs is 3. The van der Waals surface area contributed by atoms with Gasteiger partial charge in [-0.25, -0.2) is 4.79 Å². The molecule has 5 rings (SSSR count). The van der Waals surface area contributed by atoms with Crippen LogP contribution in [-0.4, -0.2) is 11.7 Å². The lowest BCUT2D eigenvalue weighted by atomic mass is 10.0. The molecule has 3 aromatic carbocycles. The molecule has 30 heavy (non-hydrogen) atoms. The van der Waals surface area contributed by atoms with Gasteiger partial charge in [0.15, 0.2) is 0 Å². The lowest BCUT2D eigenvalue weighted by molar-refractivity contribution is 0.415. The first-order valence-corrected chi connectivity index (χ1v) is 9.85. The molecular formula is C26H21NO3. The van der Waals surface area contributed by atoms with Crippen molar-refractivity contribution in [1.29, 1.82) is 0 Å². The SMILES string of the molecule is COc1ccc(-c2cn(-c3cc(C)cc(C)c3)c3c2c(=O)oc2ccccc23)cc1. The number of aryl methyl sites for hydroxylation is 2. The van der Waals surface area contributed by atoms with Gasteiger partial charge in [0.25, 0.3) is 0 Å². The van der Waals surface area contributed by atoms with Gasteiger partial charge in [-0.05, 0) is 66.9 Å². The molecule has 0 aliphatic heterocycles. The molecule has 0 saturated carbocycles. The van der Waals surface area contributed by atoms with Crippen LogP contribution in [0.1, 0.15) is 11.1 Å². The molecule has 0 aliphatic carbocycles. The molecule has 0 radical (unpaired) electrons. The number of aromatic nitrogens is 1. The monoisotopic (exact) mass is 395 g/mol. The van der Waals surface area contributed by atoms with Gasteiger partial charge in [-0.3, -0.25) is 0 Å². The van der Waals surface area contributed by atoms with Crippen LogP contribution >= 0.6 is 0 Å². The topological polar surface area (TPSA) is 44.4 Å². The van der Waals surface area contributed by atoms with E-state index in [4.69, 9.17) is 9.15 Å². The number of methoxy groups -OCH3 is 1. The Hall–Kier alpha value is -3.79. The lowest BCUT2D eigenvalue weighted by Crippen LogP contribution is -2.01. The molecule has 0 atom stereocenters. The number of rotatable bonds is 3. The molecule has 0 saturated heterocycles. The second-order valence-electron chi connectivity index (χ2n) is 7.60. The number of benzene rings is 3. The highest BCUT2D eigenvalue weighted by molar-refractivity contribution is 6.09. The van der Waals surface area contributed by atoms with Gasteiger partial charge in [-0.2, -0.15) is 0 Å². The summed E-state index contributed by atoms with van der Waals surface area (Å²) < 4.78 is 13.1. The maximum absolute atomic E-state index is 13.1. The minimum Gasteiger partial charge on any atom is -0.497 e. The maximum atomic E-state index is 13.1. The van der Waals surface area contributed by atoms with Gasteiger partial charge < -0.3 is 13.7 Å². The van der Waals surface area contributed by atoms with Crippen molar-refractivity contribution < 1.29 is 9.15 Å². The molecule has 0 unspecified atom stereocenters. The third-order valence-electron chi connectivity index (χ3n) is 5.44. The summed E-state index contributed by atoms with van der Waals surface area (Å²) in [6.45, 7) is 4.16. The highest BCUT2D eigenvalue weighted by atomic mass is 16.5. The number of hydrogen-bond donors (Lipinski definition) is 0. The summed E-state index contributed by atoms with van der Waals surface area (Å²) in [6, 6.07) is 21.8. The first-order valence-electron chi connectivity index (χ1n) is 9.85. The van der Waals surface area contributed by atoms with Crippen molar-refractivity contribution in [2.45, 2.75) is 13.8 Å². The Balaban J connectivity index is 1.92. The normalized spacial score (nSPS) is 11.3. The van der Waals surface area contributed by atoms with Crippen LogP contribution < -0.4 is 10.4 Å². The molecule has 0 amide bonds. The van der Waals surface area contributed by atoms with Crippen LogP contribution in [0.25, 0.3) is 38.7 Å². The van der Waals surface area contributed by atoms with Crippen LogP contribution in [0.2, 0.25) is 0 Å². The van der Waals surface area contributed by atoms with E-state index in [0.29, 0.717) is 11.0 Å². The predicted molar refractivity (Wildman–Crippen MR) is 121 cm³/mol. The first kappa shape index (κ1) is 18.3. The number of ether oxygens (including phenoxy) is 1. The van der Waals surface area contributed by atoms with Gasteiger partial charge >= 0.3 is 5.63 Å². The van der Waals surface area contributed by atoms with Crippen molar-refractivity contribution in [1.82, 2.24) is 4.57 Å². The van der Waals surface area contributed by atoms with Gasteiger partial charge in [0.2, 0.25) is 0 Å². The highest BCUT2D eigenvalue weighted by Gasteiger charge is 2.19. The van der Waals surface area contributed by atoms with E-state index in [1.54, 1.807) is 7.11 Å². The average molecular weight is 395 g/mol. The van der Waals surface area contributed by atoms with Crippen molar-refractivity contribution in [2.75, 3.05) is 7.11 Å². The Bertz CT molecular complexity index is 1440. The zero-order valence-electron chi connectivity index (χ0n) is 17.1. The Morgan fingerprint density at radius 3 is 2.30 bits per heavy atom. The van der Waals surface area contributed by atoms with Crippen LogP contribution in [0.15, 0.2) is 82.1 Å². The molecule has 0 bridgehead atoms. The second kappa shape index (κ2) is 6.92. The Kier molecular flexibility index (Phi) is 4.21. The molecule has 2 aromatic heterocycles. The van der Waals surface area contributed by atoms with E-state index in [1.165, 1.54) is 11.1 Å². The zero-order chi connectivity index (χ0) is 20.8. The van der Waals surface area contributed by atoms with E-state index < -0.39 is 0 Å². The Labute approximate surface area is 174 Å². The third-order valence-corrected chi connectivity index (χ3v) is 5.44. The van der Waals surface area contributed by atoms with Crippen LogP contribution in [0.3, 0.4) is 0 Å². The predicted octanol–water partition coefficient (Wildman–Crippen LogP) is 6.03. The molecule has 4 nitrogen and oxygen atoms in total. The molecule has 148 valence electrons. The summed E-state index contributed by atoms with van der Waals surface area (Å²) in [7, 11) is 1.64. The van der Waals surface area contributed by atoms with Crippen LogP contribution in [-0.2, 0) is 0 Å². The Morgan fingerprint density at radius 2 is 1.60 bits per heavy atom. The van der Waals surface area contributed by atoms with Gasteiger partial charge in [0.05, 0.1) is 18.0 Å². The van der Waals surface area contributed by atoms with E-state index in [9.17, 15) is 4.79 Å². The third kappa shape index (κ3) is 2.89. The van der Waals surface area contributed by atoms with Crippen molar-refractivity contribution >= 4 is 21.9 Å². The van der Waals surface area contributed by atoms with Crippen molar-refractivity contribution in [3.63, 3.8) is 0 Å². The van der Waals surface area contributed by atoms with Crippen molar-refractivity contribution in [3.8, 4) is 22.6 Å². The molecular weight excluding hydrogens is 374 g/mol. The first-order chi connectivity index (χ1) is 14.5. The smallest absolute Gasteiger partial charge is 0.346 e. The zero-order valence-corrected chi connectivity index (χ0v) is 17.1. The summed E-state index contributed by atoms with van der Waals surface area (Å²) in [6.07, 6.45) is 2.03. The minimum atomic E-state index is -0.336. The minimum absolute atomic E-state index is 0.336. The standard InChI is InChI=1S/C26H21NO3/c1-16-12-17(2)14-19(13-16)27-15-22(18-8-10-20(29-3)11-9-18)24-25(27)21-6-4-5-7-23(21)30-26(24)28/h4-15H,1-3H3. The van der Waals surface area contributed by atoms with E-state index in [1.807, 2.05) is 54.7 Å². The second-order valence-corrected chi connectivity index (χ2v) is 7.60. The summed E-state index contributed by atoms with van der Waals surface area (Å²) >= 11 is 0. The number of para-hydroxylation sites is 1. The molecule has 5 aromatic rings. The average Bonchev–Trinajstić information content (AvgIpc) is 3.15. The van der Waals surface area contributed by atoms with Crippen molar-refractivity contribution in [3.05, 3.63) is 94.5 Å². The summed E-state index contributed by atoms with van der Waals surface area (Å²) in [5, 5.41) is 1.49. The largest absolute Gasteiger partial charge is 0.497 e.